The smallest absolute Gasteiger partial charge is 0.163 e. The maximum Gasteiger partial charge on any atom is 0.163 e. The van der Waals surface area contributed by atoms with Gasteiger partial charge in [-0.15, -0.1) is 10.2 Å². The zero-order valence-electron chi connectivity index (χ0n) is 16.6. The van der Waals surface area contributed by atoms with Gasteiger partial charge in [-0.25, -0.2) is 4.68 Å². The van der Waals surface area contributed by atoms with Crippen LogP contribution >= 0.6 is 0 Å². The molecule has 5 heterocycles. The Labute approximate surface area is 169 Å². The first kappa shape index (κ1) is 17.6. The first-order valence-corrected chi connectivity index (χ1v) is 9.92. The first-order chi connectivity index (χ1) is 14.1. The quantitative estimate of drug-likeness (QED) is 0.669. The third-order valence-electron chi connectivity index (χ3n) is 5.82. The Bertz CT molecular complexity index is 1110. The van der Waals surface area contributed by atoms with Crippen molar-refractivity contribution >= 4 is 17.3 Å². The fourth-order valence-electron chi connectivity index (χ4n) is 4.26. The molecule has 146 valence electrons. The molecule has 0 radical (unpaired) electrons. The minimum Gasteiger partial charge on any atom is -0.350 e. The number of hydrogen-bond donors (Lipinski definition) is 0. The zero-order valence-corrected chi connectivity index (χ0v) is 16.6. The minimum absolute atomic E-state index is 0.351. The lowest BCUT2D eigenvalue weighted by Gasteiger charge is -2.34. The number of anilines is 3. The van der Waals surface area contributed by atoms with Gasteiger partial charge >= 0.3 is 0 Å². The van der Waals surface area contributed by atoms with E-state index in [1.54, 1.807) is 6.07 Å². The lowest BCUT2D eigenvalue weighted by Crippen LogP contribution is -2.33. The Balaban J connectivity index is 1.45. The highest BCUT2D eigenvalue weighted by Gasteiger charge is 2.26. The highest BCUT2D eigenvalue weighted by molar-refractivity contribution is 5.62. The molecule has 0 fully saturated rings. The summed E-state index contributed by atoms with van der Waals surface area (Å²) in [5.41, 5.74) is 4.77. The molecule has 2 aliphatic rings. The van der Waals surface area contributed by atoms with Crippen LogP contribution in [0, 0.1) is 18.3 Å². The van der Waals surface area contributed by atoms with Crippen molar-refractivity contribution < 1.29 is 0 Å². The summed E-state index contributed by atoms with van der Waals surface area (Å²) in [4.78, 5) is 9.29. The lowest BCUT2D eigenvalue weighted by atomic mass is 10.0. The van der Waals surface area contributed by atoms with Crippen LogP contribution in [0.5, 0.6) is 0 Å². The van der Waals surface area contributed by atoms with Gasteiger partial charge in [0.2, 0.25) is 0 Å². The monoisotopic (exact) mass is 386 g/mol. The summed E-state index contributed by atoms with van der Waals surface area (Å²) in [5.74, 6) is 1.96. The molecule has 0 bridgehead atoms. The van der Waals surface area contributed by atoms with Crippen molar-refractivity contribution in [3.8, 4) is 6.07 Å². The predicted molar refractivity (Wildman–Crippen MR) is 109 cm³/mol. The SMILES string of the molecule is Cc1cc(C#N)nnc1N1CCc2ncc(N3CCC(C)n4nccc43)cc2C1. The Morgan fingerprint density at radius 3 is 2.93 bits per heavy atom. The standard InChI is InChI=1S/C21H22N8/c1-14-9-17(11-22)25-26-21(14)27-7-5-19-16(13-27)10-18(12-23-19)28-8-4-15(2)29-20(28)3-6-24-29/h3,6,9-10,12,15H,4-5,7-8,13H2,1-2H3. The summed E-state index contributed by atoms with van der Waals surface area (Å²) < 4.78 is 2.09. The average molecular weight is 386 g/mol. The van der Waals surface area contributed by atoms with Crippen LogP contribution in [0.2, 0.25) is 0 Å². The maximum atomic E-state index is 9.03. The highest BCUT2D eigenvalue weighted by atomic mass is 15.4. The normalized spacial score (nSPS) is 18.2. The molecule has 3 aromatic heterocycles. The highest BCUT2D eigenvalue weighted by Crippen LogP contribution is 2.34. The second-order valence-electron chi connectivity index (χ2n) is 7.74. The number of hydrogen-bond acceptors (Lipinski definition) is 7. The molecule has 8 heteroatoms. The molecule has 2 aliphatic heterocycles. The van der Waals surface area contributed by atoms with E-state index in [-0.39, 0.29) is 0 Å². The Morgan fingerprint density at radius 2 is 2.10 bits per heavy atom. The van der Waals surface area contributed by atoms with Gasteiger partial charge in [-0.05, 0) is 43.5 Å². The van der Waals surface area contributed by atoms with Gasteiger partial charge in [0, 0.05) is 37.8 Å². The molecule has 0 aliphatic carbocycles. The number of pyridine rings is 1. The molecule has 3 aromatic rings. The van der Waals surface area contributed by atoms with E-state index in [0.717, 1.165) is 61.1 Å². The van der Waals surface area contributed by atoms with Crippen molar-refractivity contribution in [1.29, 1.82) is 5.26 Å². The molecular weight excluding hydrogens is 364 g/mol. The van der Waals surface area contributed by atoms with Crippen LogP contribution < -0.4 is 9.80 Å². The number of rotatable bonds is 2. The lowest BCUT2D eigenvalue weighted by molar-refractivity contribution is 0.436. The number of aromatic nitrogens is 5. The number of fused-ring (bicyclic) bond motifs is 2. The van der Waals surface area contributed by atoms with Crippen LogP contribution in [0.15, 0.2) is 30.6 Å². The second-order valence-corrected chi connectivity index (χ2v) is 7.74. The van der Waals surface area contributed by atoms with Crippen molar-refractivity contribution in [2.45, 2.75) is 39.3 Å². The van der Waals surface area contributed by atoms with Gasteiger partial charge in [0.1, 0.15) is 11.9 Å². The Morgan fingerprint density at radius 1 is 1.21 bits per heavy atom. The van der Waals surface area contributed by atoms with Gasteiger partial charge in [-0.2, -0.15) is 10.4 Å². The molecule has 5 rings (SSSR count). The van der Waals surface area contributed by atoms with E-state index in [4.69, 9.17) is 10.2 Å². The van der Waals surface area contributed by atoms with E-state index in [0.29, 0.717) is 11.7 Å². The van der Waals surface area contributed by atoms with Gasteiger partial charge < -0.3 is 9.80 Å². The van der Waals surface area contributed by atoms with E-state index in [9.17, 15) is 0 Å². The van der Waals surface area contributed by atoms with E-state index < -0.39 is 0 Å². The number of nitriles is 1. The fraction of sp³-hybridized carbons (Fsp3) is 0.381. The molecule has 0 amide bonds. The minimum atomic E-state index is 0.351. The summed E-state index contributed by atoms with van der Waals surface area (Å²) in [6, 6.07) is 8.57. The second kappa shape index (κ2) is 6.85. The van der Waals surface area contributed by atoms with E-state index >= 15 is 0 Å². The van der Waals surface area contributed by atoms with E-state index in [1.807, 2.05) is 19.3 Å². The topological polar surface area (TPSA) is 86.8 Å². The first-order valence-electron chi connectivity index (χ1n) is 9.92. The number of nitrogens with zero attached hydrogens (tertiary/aromatic N) is 8. The van der Waals surface area contributed by atoms with Crippen LogP contribution in [-0.2, 0) is 13.0 Å². The Hall–Kier alpha value is -3.47. The summed E-state index contributed by atoms with van der Waals surface area (Å²) in [7, 11) is 0. The van der Waals surface area contributed by atoms with Crippen LogP contribution in [0.25, 0.3) is 0 Å². The third-order valence-corrected chi connectivity index (χ3v) is 5.82. The van der Waals surface area contributed by atoms with Crippen molar-refractivity contribution in [2.75, 3.05) is 22.9 Å². The summed E-state index contributed by atoms with van der Waals surface area (Å²) in [5, 5.41) is 21.8. The van der Waals surface area contributed by atoms with Crippen molar-refractivity contribution in [1.82, 2.24) is 25.0 Å². The van der Waals surface area contributed by atoms with Crippen molar-refractivity contribution in [2.24, 2.45) is 0 Å². The summed E-state index contributed by atoms with van der Waals surface area (Å²) >= 11 is 0. The molecule has 1 atom stereocenters. The van der Waals surface area contributed by atoms with Crippen LogP contribution in [0.1, 0.15) is 41.9 Å². The van der Waals surface area contributed by atoms with Gasteiger partial charge in [-0.3, -0.25) is 4.98 Å². The van der Waals surface area contributed by atoms with Gasteiger partial charge in [0.25, 0.3) is 0 Å². The Kier molecular flexibility index (Phi) is 4.16. The molecule has 0 aromatic carbocycles. The van der Waals surface area contributed by atoms with Crippen molar-refractivity contribution in [3.63, 3.8) is 0 Å². The van der Waals surface area contributed by atoms with Crippen LogP contribution in [0.4, 0.5) is 17.3 Å². The molecule has 1 unspecified atom stereocenters. The molecule has 0 N–H and O–H groups in total. The van der Waals surface area contributed by atoms with Crippen molar-refractivity contribution in [3.05, 3.63) is 53.1 Å². The molecule has 29 heavy (non-hydrogen) atoms. The summed E-state index contributed by atoms with van der Waals surface area (Å²) in [6.45, 7) is 6.72. The van der Waals surface area contributed by atoms with E-state index in [2.05, 4.69) is 54.9 Å². The molecule has 8 nitrogen and oxygen atoms in total. The zero-order chi connectivity index (χ0) is 20.0. The number of aryl methyl sites for hydroxylation is 1. The molecule has 0 spiro atoms. The van der Waals surface area contributed by atoms with Gasteiger partial charge in [-0.1, -0.05) is 0 Å². The van der Waals surface area contributed by atoms with Gasteiger partial charge in [0.05, 0.1) is 24.1 Å². The molecule has 0 saturated heterocycles. The average Bonchev–Trinajstić information content (AvgIpc) is 3.24. The largest absolute Gasteiger partial charge is 0.350 e. The predicted octanol–water partition coefficient (Wildman–Crippen LogP) is 2.91. The summed E-state index contributed by atoms with van der Waals surface area (Å²) in [6.07, 6.45) is 5.77. The molecule has 0 saturated carbocycles. The van der Waals surface area contributed by atoms with E-state index in [1.165, 1.54) is 5.56 Å². The third kappa shape index (κ3) is 2.99. The molecular formula is C21H22N8. The van der Waals surface area contributed by atoms with Crippen LogP contribution in [-0.4, -0.2) is 38.1 Å². The fourth-order valence-corrected chi connectivity index (χ4v) is 4.26. The van der Waals surface area contributed by atoms with Crippen LogP contribution in [0.3, 0.4) is 0 Å². The van der Waals surface area contributed by atoms with Gasteiger partial charge in [0.15, 0.2) is 11.5 Å². The maximum absolute atomic E-state index is 9.03.